The van der Waals surface area contributed by atoms with Gasteiger partial charge in [-0.1, -0.05) is 0 Å². The highest BCUT2D eigenvalue weighted by molar-refractivity contribution is 5.96. The molecule has 6 nitrogen and oxygen atoms in total. The minimum absolute atomic E-state index is 0.0251. The van der Waals surface area contributed by atoms with Crippen molar-refractivity contribution in [1.29, 1.82) is 0 Å². The molecule has 1 aromatic carbocycles. The van der Waals surface area contributed by atoms with E-state index in [0.29, 0.717) is 13.2 Å². The van der Waals surface area contributed by atoms with Gasteiger partial charge in [-0.05, 0) is 31.2 Å². The van der Waals surface area contributed by atoms with Crippen LogP contribution >= 0.6 is 0 Å². The lowest BCUT2D eigenvalue weighted by Crippen LogP contribution is -2.40. The zero-order valence-corrected chi connectivity index (χ0v) is 10.8. The maximum Gasteiger partial charge on any atom is 0.312 e. The van der Waals surface area contributed by atoms with E-state index in [1.165, 1.54) is 0 Å². The molecule has 1 aliphatic rings. The number of ether oxygens (including phenoxy) is 1. The number of rotatable bonds is 4. The molecule has 1 aliphatic heterocycles. The van der Waals surface area contributed by atoms with E-state index in [4.69, 9.17) is 10.5 Å². The Hall–Kier alpha value is -2.24. The summed E-state index contributed by atoms with van der Waals surface area (Å²) in [4.78, 5) is 24.3. The molecule has 0 saturated carbocycles. The number of benzene rings is 1. The Bertz CT molecular complexity index is 473. The van der Waals surface area contributed by atoms with Gasteiger partial charge in [0, 0.05) is 18.7 Å². The van der Waals surface area contributed by atoms with Crippen molar-refractivity contribution in [2.45, 2.75) is 19.4 Å². The molecular weight excluding hydrogens is 246 g/mol. The normalized spacial score (nSPS) is 18.5. The van der Waals surface area contributed by atoms with Gasteiger partial charge in [-0.25, -0.2) is 4.79 Å². The lowest BCUT2D eigenvalue weighted by molar-refractivity contribution is -0.117. The van der Waals surface area contributed by atoms with Gasteiger partial charge in [0.15, 0.2) is 0 Å². The largest absolute Gasteiger partial charge is 0.494 e. The number of anilines is 1. The lowest BCUT2D eigenvalue weighted by atomic mass is 10.2. The number of nitrogens with two attached hydrogens (primary N) is 1. The van der Waals surface area contributed by atoms with Crippen LogP contribution in [0.2, 0.25) is 0 Å². The quantitative estimate of drug-likeness (QED) is 0.845. The number of amides is 3. The number of nitrogens with zero attached hydrogens (tertiary/aromatic N) is 1. The molecular formula is C13H17N3O3. The average molecular weight is 263 g/mol. The van der Waals surface area contributed by atoms with Crippen molar-refractivity contribution in [1.82, 2.24) is 5.32 Å². The van der Waals surface area contributed by atoms with Crippen molar-refractivity contribution in [3.8, 4) is 5.75 Å². The fraction of sp³-hybridized carbons (Fsp3) is 0.385. The zero-order valence-electron chi connectivity index (χ0n) is 10.8. The van der Waals surface area contributed by atoms with Gasteiger partial charge in [-0.15, -0.1) is 0 Å². The van der Waals surface area contributed by atoms with Gasteiger partial charge in [0.25, 0.3) is 0 Å². The number of primary amides is 1. The van der Waals surface area contributed by atoms with Gasteiger partial charge in [0.05, 0.1) is 12.6 Å². The minimum atomic E-state index is -0.605. The van der Waals surface area contributed by atoms with Gasteiger partial charge in [-0.3, -0.25) is 4.79 Å². The first kappa shape index (κ1) is 13.2. The SMILES string of the molecule is CCOc1ccc(N2CC(NC(N)=O)CC2=O)cc1. The predicted octanol–water partition coefficient (Wildman–Crippen LogP) is 0.859. The number of hydrogen-bond acceptors (Lipinski definition) is 3. The molecule has 102 valence electrons. The lowest BCUT2D eigenvalue weighted by Gasteiger charge is -2.17. The molecule has 1 atom stereocenters. The molecule has 6 heteroatoms. The Morgan fingerprint density at radius 3 is 2.74 bits per heavy atom. The highest BCUT2D eigenvalue weighted by Crippen LogP contribution is 2.24. The predicted molar refractivity (Wildman–Crippen MR) is 71.1 cm³/mol. The number of urea groups is 1. The summed E-state index contributed by atoms with van der Waals surface area (Å²) in [5.41, 5.74) is 5.85. The Balaban J connectivity index is 2.05. The van der Waals surface area contributed by atoms with Crippen molar-refractivity contribution >= 4 is 17.6 Å². The third kappa shape index (κ3) is 3.15. The van der Waals surface area contributed by atoms with Crippen molar-refractivity contribution in [2.24, 2.45) is 5.73 Å². The van der Waals surface area contributed by atoms with Crippen LogP contribution in [0.1, 0.15) is 13.3 Å². The number of carbonyl (C=O) groups excluding carboxylic acids is 2. The molecule has 1 unspecified atom stereocenters. The number of carbonyl (C=O) groups is 2. The van der Waals surface area contributed by atoms with Crippen LogP contribution in [0, 0.1) is 0 Å². The Morgan fingerprint density at radius 1 is 1.47 bits per heavy atom. The van der Waals surface area contributed by atoms with Crippen molar-refractivity contribution in [2.75, 3.05) is 18.1 Å². The fourth-order valence-electron chi connectivity index (χ4n) is 2.14. The van der Waals surface area contributed by atoms with Crippen LogP contribution < -0.4 is 20.7 Å². The highest BCUT2D eigenvalue weighted by Gasteiger charge is 2.31. The van der Waals surface area contributed by atoms with E-state index in [0.717, 1.165) is 11.4 Å². The summed E-state index contributed by atoms with van der Waals surface area (Å²) in [5.74, 6) is 0.743. The summed E-state index contributed by atoms with van der Waals surface area (Å²) in [5, 5.41) is 2.56. The molecule has 3 amide bonds. The van der Waals surface area contributed by atoms with Crippen LogP contribution in [0.25, 0.3) is 0 Å². The zero-order chi connectivity index (χ0) is 13.8. The van der Waals surface area contributed by atoms with E-state index >= 15 is 0 Å². The first-order valence-electron chi connectivity index (χ1n) is 6.19. The van der Waals surface area contributed by atoms with Crippen LogP contribution in [0.3, 0.4) is 0 Å². The van der Waals surface area contributed by atoms with Crippen LogP contribution in [-0.4, -0.2) is 31.1 Å². The molecule has 2 rings (SSSR count). The van der Waals surface area contributed by atoms with Crippen LogP contribution in [0.4, 0.5) is 10.5 Å². The van der Waals surface area contributed by atoms with E-state index in [1.54, 1.807) is 4.90 Å². The summed E-state index contributed by atoms with van der Waals surface area (Å²) in [6.07, 6.45) is 0.274. The van der Waals surface area contributed by atoms with E-state index < -0.39 is 6.03 Å². The molecule has 0 aromatic heterocycles. The third-order valence-corrected chi connectivity index (χ3v) is 2.93. The van der Waals surface area contributed by atoms with Crippen molar-refractivity contribution in [3.63, 3.8) is 0 Å². The molecule has 19 heavy (non-hydrogen) atoms. The summed E-state index contributed by atoms with van der Waals surface area (Å²) < 4.78 is 5.35. The highest BCUT2D eigenvalue weighted by atomic mass is 16.5. The Morgan fingerprint density at radius 2 is 2.16 bits per heavy atom. The summed E-state index contributed by atoms with van der Waals surface area (Å²) >= 11 is 0. The maximum absolute atomic E-state index is 11.9. The van der Waals surface area contributed by atoms with Gasteiger partial charge in [0.1, 0.15) is 5.75 Å². The van der Waals surface area contributed by atoms with E-state index in [9.17, 15) is 9.59 Å². The summed E-state index contributed by atoms with van der Waals surface area (Å²) in [6.45, 7) is 2.96. The Kier molecular flexibility index (Phi) is 3.89. The first-order chi connectivity index (χ1) is 9.10. The topological polar surface area (TPSA) is 84.7 Å². The monoisotopic (exact) mass is 263 g/mol. The van der Waals surface area contributed by atoms with Crippen LogP contribution in [0.15, 0.2) is 24.3 Å². The number of hydrogen-bond donors (Lipinski definition) is 2. The second-order valence-corrected chi connectivity index (χ2v) is 4.34. The molecule has 3 N–H and O–H groups in total. The van der Waals surface area contributed by atoms with E-state index in [2.05, 4.69) is 5.32 Å². The smallest absolute Gasteiger partial charge is 0.312 e. The average Bonchev–Trinajstić information content (AvgIpc) is 2.71. The third-order valence-electron chi connectivity index (χ3n) is 2.93. The molecule has 1 saturated heterocycles. The molecule has 1 fully saturated rings. The minimum Gasteiger partial charge on any atom is -0.494 e. The second kappa shape index (κ2) is 5.60. The summed E-state index contributed by atoms with van der Waals surface area (Å²) in [6, 6.07) is 6.47. The van der Waals surface area contributed by atoms with Crippen LogP contribution in [0.5, 0.6) is 5.75 Å². The van der Waals surface area contributed by atoms with Gasteiger partial charge < -0.3 is 20.7 Å². The van der Waals surface area contributed by atoms with E-state index in [1.807, 2.05) is 31.2 Å². The maximum atomic E-state index is 11.9. The molecule has 0 spiro atoms. The standard InChI is InChI=1S/C13H17N3O3/c1-2-19-11-5-3-10(4-6-11)16-8-9(7-12(16)17)15-13(14)18/h3-6,9H,2,7-8H2,1H3,(H3,14,15,18). The fourth-order valence-corrected chi connectivity index (χ4v) is 2.14. The molecule has 0 radical (unpaired) electrons. The summed E-state index contributed by atoms with van der Waals surface area (Å²) in [7, 11) is 0. The molecule has 0 aliphatic carbocycles. The molecule has 0 bridgehead atoms. The molecule has 1 aromatic rings. The van der Waals surface area contributed by atoms with Crippen molar-refractivity contribution < 1.29 is 14.3 Å². The van der Waals surface area contributed by atoms with Gasteiger partial charge in [0.2, 0.25) is 5.91 Å². The molecule has 1 heterocycles. The van der Waals surface area contributed by atoms with Crippen LogP contribution in [-0.2, 0) is 4.79 Å². The van der Waals surface area contributed by atoms with E-state index in [-0.39, 0.29) is 18.4 Å². The first-order valence-corrected chi connectivity index (χ1v) is 6.19. The Labute approximate surface area is 111 Å². The van der Waals surface area contributed by atoms with Crippen molar-refractivity contribution in [3.05, 3.63) is 24.3 Å². The second-order valence-electron chi connectivity index (χ2n) is 4.34. The van der Waals surface area contributed by atoms with Gasteiger partial charge in [-0.2, -0.15) is 0 Å². The van der Waals surface area contributed by atoms with Gasteiger partial charge >= 0.3 is 6.03 Å². The number of nitrogens with one attached hydrogen (secondary N) is 1.